The lowest BCUT2D eigenvalue weighted by Crippen LogP contribution is -2.65. The van der Waals surface area contributed by atoms with Crippen molar-refractivity contribution in [3.8, 4) is 22.6 Å². The molecule has 3 aromatic rings. The van der Waals surface area contributed by atoms with E-state index >= 15 is 0 Å². The number of hydrogen-bond acceptors (Lipinski definition) is 11. The Kier molecular flexibility index (Phi) is 11.5. The van der Waals surface area contributed by atoms with Crippen molar-refractivity contribution in [3.63, 3.8) is 0 Å². The molecule has 63 heavy (non-hydrogen) atoms. The molecule has 6 heterocycles. The van der Waals surface area contributed by atoms with Crippen LogP contribution in [0.3, 0.4) is 0 Å². The first-order chi connectivity index (χ1) is 30.4. The zero-order chi connectivity index (χ0) is 44.2. The summed E-state index contributed by atoms with van der Waals surface area (Å²) in [6.45, 7) is 7.19. The quantitative estimate of drug-likeness (QED) is 0.287. The van der Waals surface area contributed by atoms with Crippen LogP contribution in [0.5, 0.6) is 11.5 Å². The van der Waals surface area contributed by atoms with Crippen LogP contribution in [0.15, 0.2) is 41.3 Å². The van der Waals surface area contributed by atoms with E-state index in [4.69, 9.17) is 9.47 Å². The van der Waals surface area contributed by atoms with Gasteiger partial charge < -0.3 is 29.2 Å². The summed E-state index contributed by atoms with van der Waals surface area (Å²) in [7, 11) is 6.75. The van der Waals surface area contributed by atoms with Crippen LogP contribution in [0.1, 0.15) is 88.8 Å². The molecular weight excluding hydrogens is 805 g/mol. The van der Waals surface area contributed by atoms with E-state index in [0.29, 0.717) is 42.1 Å². The Morgan fingerprint density at radius 1 is 0.857 bits per heavy atom. The SMILES string of the molecule is CNC(=O)N1CCc2c(-c3cc(OC)c(CN4CCN(CCC5CCN(c6ccc7c(c6)C(=O)N(C6CCC(=O)NC6=O)C7=O)CC5)C5(CCC5)C4)c(OC)c3)cn(C)c(=O)c2C1. The average Bonchev–Trinajstić information content (AvgIpc) is 3.53. The maximum absolute atomic E-state index is 13.4. The third-order valence-electron chi connectivity index (χ3n) is 14.7. The molecule has 6 amide bonds. The lowest BCUT2D eigenvalue weighted by molar-refractivity contribution is -0.136. The summed E-state index contributed by atoms with van der Waals surface area (Å²) in [5.74, 6) is 0.148. The highest BCUT2D eigenvalue weighted by molar-refractivity contribution is 6.23. The molecule has 2 N–H and O–H groups in total. The second-order valence-electron chi connectivity index (χ2n) is 18.2. The maximum atomic E-state index is 13.4. The van der Waals surface area contributed by atoms with Crippen molar-refractivity contribution in [1.82, 2.24) is 34.8 Å². The van der Waals surface area contributed by atoms with Crippen LogP contribution in [0.2, 0.25) is 0 Å². The number of urea groups is 1. The minimum Gasteiger partial charge on any atom is -0.496 e. The number of nitrogens with zero attached hydrogens (tertiary/aromatic N) is 6. The Balaban J connectivity index is 0.821. The number of carbonyl (C=O) groups is 5. The number of piperazine rings is 1. The van der Waals surface area contributed by atoms with Crippen LogP contribution in [0.25, 0.3) is 11.1 Å². The fourth-order valence-corrected chi connectivity index (χ4v) is 11.0. The summed E-state index contributed by atoms with van der Waals surface area (Å²) in [5, 5.41) is 4.94. The van der Waals surface area contributed by atoms with Crippen molar-refractivity contribution in [2.24, 2.45) is 13.0 Å². The number of rotatable bonds is 10. The Bertz CT molecular complexity index is 2390. The molecule has 5 aliphatic heterocycles. The number of nitrogens with one attached hydrogen (secondary N) is 2. The lowest BCUT2D eigenvalue weighted by Gasteiger charge is -2.56. The van der Waals surface area contributed by atoms with E-state index in [-0.39, 0.29) is 42.4 Å². The van der Waals surface area contributed by atoms with Gasteiger partial charge in [-0.2, -0.15) is 0 Å². The van der Waals surface area contributed by atoms with Crippen molar-refractivity contribution in [2.75, 3.05) is 72.0 Å². The van der Waals surface area contributed by atoms with Gasteiger partial charge >= 0.3 is 6.03 Å². The number of benzene rings is 2. The molecule has 4 fully saturated rings. The number of aryl methyl sites for hydroxylation is 1. The minimum atomic E-state index is -0.972. The van der Waals surface area contributed by atoms with E-state index < -0.39 is 23.8 Å². The maximum Gasteiger partial charge on any atom is 0.317 e. The highest BCUT2D eigenvalue weighted by Gasteiger charge is 2.47. The van der Waals surface area contributed by atoms with Gasteiger partial charge in [0, 0.05) is 94.9 Å². The predicted molar refractivity (Wildman–Crippen MR) is 235 cm³/mol. The van der Waals surface area contributed by atoms with Gasteiger partial charge in [-0.05, 0) is 105 Å². The summed E-state index contributed by atoms with van der Waals surface area (Å²) >= 11 is 0. The first-order valence-electron chi connectivity index (χ1n) is 22.4. The molecule has 0 radical (unpaired) electrons. The molecule has 2 aromatic carbocycles. The van der Waals surface area contributed by atoms with E-state index in [2.05, 4.69) is 37.5 Å². The third kappa shape index (κ3) is 7.74. The number of fused-ring (bicyclic) bond motifs is 2. The summed E-state index contributed by atoms with van der Waals surface area (Å²) in [6, 6.07) is 8.36. The fourth-order valence-electron chi connectivity index (χ4n) is 11.0. The van der Waals surface area contributed by atoms with Gasteiger partial charge in [-0.3, -0.25) is 44.0 Å². The van der Waals surface area contributed by atoms with Gasteiger partial charge in [-0.15, -0.1) is 0 Å². The van der Waals surface area contributed by atoms with Crippen LogP contribution in [0.4, 0.5) is 10.5 Å². The van der Waals surface area contributed by atoms with Crippen molar-refractivity contribution < 1.29 is 33.4 Å². The minimum absolute atomic E-state index is 0.0936. The molecule has 1 spiro atoms. The molecule has 1 aliphatic carbocycles. The second kappa shape index (κ2) is 17.1. The van der Waals surface area contributed by atoms with Crippen LogP contribution >= 0.6 is 0 Å². The zero-order valence-electron chi connectivity index (χ0n) is 36.8. The standard InChI is InChI=1S/C47H58N8O8/c1-48-46(61)53-18-13-32-35(25-50(2)43(58)36(32)27-53)30-22-39(62-3)37(40(23-30)63-4)26-51-20-21-54(47(28-51)14-5-15-47)19-12-29-10-16-52(17-11-29)31-6-7-33-34(24-31)45(60)55(44(33)59)38-8-9-41(56)49-42(38)57/h6-7,22-25,29,38H,5,8-21,26-28H2,1-4H3,(H,48,61)(H,49,56,57). The smallest absolute Gasteiger partial charge is 0.317 e. The van der Waals surface area contributed by atoms with Crippen LogP contribution < -0.4 is 30.6 Å². The van der Waals surface area contributed by atoms with Gasteiger partial charge in [0.15, 0.2) is 0 Å². The summed E-state index contributed by atoms with van der Waals surface area (Å²) in [6.07, 6.45) is 9.52. The Morgan fingerprint density at radius 3 is 2.25 bits per heavy atom. The van der Waals surface area contributed by atoms with Crippen LogP contribution in [0, 0.1) is 5.92 Å². The largest absolute Gasteiger partial charge is 0.496 e. The normalized spacial score (nSPS) is 21.6. The molecule has 9 rings (SSSR count). The molecule has 16 heteroatoms. The molecule has 1 aromatic heterocycles. The molecule has 334 valence electrons. The molecule has 6 aliphatic rings. The molecule has 1 unspecified atom stereocenters. The van der Waals surface area contributed by atoms with Crippen molar-refractivity contribution >= 4 is 35.3 Å². The molecule has 0 bridgehead atoms. The molecule has 1 saturated carbocycles. The summed E-state index contributed by atoms with van der Waals surface area (Å²) < 4.78 is 13.7. The van der Waals surface area contributed by atoms with Crippen LogP contribution in [-0.2, 0) is 36.1 Å². The molecule has 1 atom stereocenters. The van der Waals surface area contributed by atoms with Gasteiger partial charge in [0.2, 0.25) is 11.8 Å². The number of methoxy groups -OCH3 is 2. The van der Waals surface area contributed by atoms with Gasteiger partial charge in [-0.1, -0.05) is 0 Å². The van der Waals surface area contributed by atoms with E-state index in [1.165, 1.54) is 19.3 Å². The number of anilines is 1. The van der Waals surface area contributed by atoms with Crippen molar-refractivity contribution in [3.05, 3.63) is 74.7 Å². The number of aromatic nitrogens is 1. The summed E-state index contributed by atoms with van der Waals surface area (Å²) in [4.78, 5) is 86.9. The van der Waals surface area contributed by atoms with E-state index in [9.17, 15) is 28.8 Å². The Morgan fingerprint density at radius 2 is 1.59 bits per heavy atom. The number of carbonyl (C=O) groups excluding carboxylic acids is 5. The highest BCUT2D eigenvalue weighted by Crippen LogP contribution is 2.44. The second-order valence-corrected chi connectivity index (χ2v) is 18.2. The Labute approximate surface area is 367 Å². The number of hydrogen-bond donors (Lipinski definition) is 2. The van der Waals surface area contributed by atoms with E-state index in [1.54, 1.807) is 49.9 Å². The number of ether oxygens (including phenoxy) is 2. The zero-order valence-corrected chi connectivity index (χ0v) is 36.8. The topological polar surface area (TPSA) is 166 Å². The average molecular weight is 863 g/mol. The number of pyridine rings is 1. The number of piperidine rings is 2. The van der Waals surface area contributed by atoms with Gasteiger partial charge in [0.05, 0.1) is 37.5 Å². The highest BCUT2D eigenvalue weighted by atomic mass is 16.5. The monoisotopic (exact) mass is 862 g/mol. The predicted octanol–water partition coefficient (Wildman–Crippen LogP) is 3.52. The molecule has 16 nitrogen and oxygen atoms in total. The Hall–Kier alpha value is -5.74. The lowest BCUT2D eigenvalue weighted by atomic mass is 9.73. The molecule has 3 saturated heterocycles. The van der Waals surface area contributed by atoms with E-state index in [0.717, 1.165) is 103 Å². The van der Waals surface area contributed by atoms with Gasteiger partial charge in [-0.25, -0.2) is 4.79 Å². The summed E-state index contributed by atoms with van der Waals surface area (Å²) in [5.41, 5.74) is 6.06. The van der Waals surface area contributed by atoms with Crippen molar-refractivity contribution in [1.29, 1.82) is 0 Å². The first-order valence-corrected chi connectivity index (χ1v) is 22.4. The van der Waals surface area contributed by atoms with Crippen LogP contribution in [-0.4, -0.2) is 132 Å². The fraction of sp³-hybridized carbons (Fsp3) is 0.532. The first kappa shape index (κ1) is 42.6. The molecular formula is C47H58N8O8. The van der Waals surface area contributed by atoms with Crippen molar-refractivity contribution in [2.45, 2.75) is 82.5 Å². The van der Waals surface area contributed by atoms with Gasteiger partial charge in [0.1, 0.15) is 17.5 Å². The number of amides is 6. The number of imide groups is 2. The van der Waals surface area contributed by atoms with Gasteiger partial charge in [0.25, 0.3) is 17.4 Å². The third-order valence-corrected chi connectivity index (χ3v) is 14.7. The van der Waals surface area contributed by atoms with E-state index in [1.807, 2.05) is 12.3 Å².